The Labute approximate surface area is 127 Å². The SMILES string of the molecule is O=C(OCc1coc(-c2cccs2)n1)c1ccc(Cl)s1. The zero-order valence-electron chi connectivity index (χ0n) is 10.0. The second-order valence-corrected chi connectivity index (χ2v) is 6.46. The molecule has 0 bridgehead atoms. The Morgan fingerprint density at radius 2 is 2.30 bits per heavy atom. The van der Waals surface area contributed by atoms with Crippen molar-refractivity contribution in [3.63, 3.8) is 0 Å². The fourth-order valence-corrected chi connectivity index (χ4v) is 3.11. The van der Waals surface area contributed by atoms with Crippen LogP contribution >= 0.6 is 34.3 Å². The number of aromatic nitrogens is 1. The van der Waals surface area contributed by atoms with Crippen LogP contribution in [-0.2, 0) is 11.3 Å². The molecule has 3 rings (SSSR count). The van der Waals surface area contributed by atoms with Crippen LogP contribution < -0.4 is 0 Å². The molecule has 0 radical (unpaired) electrons. The maximum Gasteiger partial charge on any atom is 0.348 e. The van der Waals surface area contributed by atoms with Crippen molar-refractivity contribution in [1.29, 1.82) is 0 Å². The Morgan fingerprint density at radius 3 is 3.00 bits per heavy atom. The summed E-state index contributed by atoms with van der Waals surface area (Å²) in [5, 5.41) is 1.94. The van der Waals surface area contributed by atoms with Gasteiger partial charge in [-0.1, -0.05) is 17.7 Å². The second-order valence-electron chi connectivity index (χ2n) is 3.80. The third-order valence-electron chi connectivity index (χ3n) is 2.41. The third-order valence-corrected chi connectivity index (χ3v) is 4.48. The van der Waals surface area contributed by atoms with Crippen LogP contribution in [0.4, 0.5) is 0 Å². The Balaban J connectivity index is 1.63. The maximum absolute atomic E-state index is 11.7. The fraction of sp³-hybridized carbons (Fsp3) is 0.0769. The zero-order chi connectivity index (χ0) is 13.9. The Hall–Kier alpha value is -1.63. The first-order chi connectivity index (χ1) is 9.72. The van der Waals surface area contributed by atoms with Crippen molar-refractivity contribution in [2.75, 3.05) is 0 Å². The molecule has 3 heterocycles. The third kappa shape index (κ3) is 2.92. The van der Waals surface area contributed by atoms with Crippen LogP contribution in [0.25, 0.3) is 10.8 Å². The quantitative estimate of drug-likeness (QED) is 0.664. The average molecular weight is 326 g/mol. The van der Waals surface area contributed by atoms with Gasteiger partial charge in [0.15, 0.2) is 0 Å². The van der Waals surface area contributed by atoms with E-state index in [1.54, 1.807) is 12.1 Å². The van der Waals surface area contributed by atoms with Gasteiger partial charge >= 0.3 is 5.97 Å². The van der Waals surface area contributed by atoms with E-state index in [-0.39, 0.29) is 6.61 Å². The van der Waals surface area contributed by atoms with E-state index in [1.807, 2.05) is 17.5 Å². The molecule has 3 aromatic rings. The molecule has 0 saturated heterocycles. The van der Waals surface area contributed by atoms with E-state index >= 15 is 0 Å². The van der Waals surface area contributed by atoms with Gasteiger partial charge in [-0.3, -0.25) is 0 Å². The standard InChI is InChI=1S/C13H8ClNO3S2/c14-11-4-3-10(20-11)13(16)18-7-8-6-17-12(15-8)9-2-1-5-19-9/h1-6H,7H2. The number of hydrogen-bond donors (Lipinski definition) is 0. The number of carbonyl (C=O) groups excluding carboxylic acids is 1. The number of hydrogen-bond acceptors (Lipinski definition) is 6. The van der Waals surface area contributed by atoms with Gasteiger partial charge < -0.3 is 9.15 Å². The van der Waals surface area contributed by atoms with E-state index in [2.05, 4.69) is 4.98 Å². The highest BCUT2D eigenvalue weighted by atomic mass is 35.5. The Bertz CT molecular complexity index is 718. The van der Waals surface area contributed by atoms with Crippen molar-refractivity contribution in [1.82, 2.24) is 4.98 Å². The summed E-state index contributed by atoms with van der Waals surface area (Å²) in [7, 11) is 0. The fourth-order valence-electron chi connectivity index (χ4n) is 1.52. The van der Waals surface area contributed by atoms with Crippen LogP contribution in [0, 0.1) is 0 Å². The molecule has 0 amide bonds. The van der Waals surface area contributed by atoms with Gasteiger partial charge in [-0.25, -0.2) is 9.78 Å². The highest BCUT2D eigenvalue weighted by Crippen LogP contribution is 2.25. The molecule has 0 saturated carbocycles. The van der Waals surface area contributed by atoms with E-state index in [9.17, 15) is 4.79 Å². The Kier molecular flexibility index (Phi) is 3.86. The van der Waals surface area contributed by atoms with E-state index in [0.29, 0.717) is 20.8 Å². The molecular weight excluding hydrogens is 318 g/mol. The van der Waals surface area contributed by atoms with Gasteiger partial charge in [0, 0.05) is 0 Å². The topological polar surface area (TPSA) is 52.3 Å². The van der Waals surface area contributed by atoms with E-state index in [4.69, 9.17) is 20.8 Å². The van der Waals surface area contributed by atoms with Crippen LogP contribution in [0.1, 0.15) is 15.4 Å². The minimum atomic E-state index is -0.414. The van der Waals surface area contributed by atoms with Gasteiger partial charge in [0.25, 0.3) is 0 Å². The summed E-state index contributed by atoms with van der Waals surface area (Å²) >= 11 is 8.49. The van der Waals surface area contributed by atoms with E-state index in [0.717, 1.165) is 4.88 Å². The second kappa shape index (κ2) is 5.78. The summed E-state index contributed by atoms with van der Waals surface area (Å²) in [6.07, 6.45) is 1.49. The van der Waals surface area contributed by atoms with Gasteiger partial charge in [0.2, 0.25) is 5.89 Å². The normalized spacial score (nSPS) is 10.7. The van der Waals surface area contributed by atoms with Crippen molar-refractivity contribution < 1.29 is 13.9 Å². The molecule has 0 aromatic carbocycles. The molecule has 0 atom stereocenters. The van der Waals surface area contributed by atoms with Crippen molar-refractivity contribution in [3.8, 4) is 10.8 Å². The summed E-state index contributed by atoms with van der Waals surface area (Å²) in [4.78, 5) is 17.4. The van der Waals surface area contributed by atoms with Crippen molar-refractivity contribution in [2.24, 2.45) is 0 Å². The molecule has 0 aliphatic carbocycles. The van der Waals surface area contributed by atoms with Gasteiger partial charge in [-0.2, -0.15) is 0 Å². The number of carbonyl (C=O) groups is 1. The molecule has 20 heavy (non-hydrogen) atoms. The smallest absolute Gasteiger partial charge is 0.348 e. The minimum absolute atomic E-state index is 0.0726. The molecule has 3 aromatic heterocycles. The molecular formula is C13H8ClNO3S2. The number of oxazole rings is 1. The van der Waals surface area contributed by atoms with Gasteiger partial charge in [-0.05, 0) is 23.6 Å². The highest BCUT2D eigenvalue weighted by molar-refractivity contribution is 7.17. The average Bonchev–Trinajstić information content (AvgIpc) is 3.16. The first-order valence-corrected chi connectivity index (χ1v) is 7.70. The van der Waals surface area contributed by atoms with Gasteiger partial charge in [0.1, 0.15) is 23.4 Å². The summed E-state index contributed by atoms with van der Waals surface area (Å²) in [6.45, 7) is 0.0726. The van der Waals surface area contributed by atoms with E-state index in [1.165, 1.54) is 28.9 Å². The zero-order valence-corrected chi connectivity index (χ0v) is 12.4. The lowest BCUT2D eigenvalue weighted by Gasteiger charge is -1.99. The molecule has 7 heteroatoms. The summed E-state index contributed by atoms with van der Waals surface area (Å²) in [5.41, 5.74) is 0.574. The minimum Gasteiger partial charge on any atom is -0.455 e. The maximum atomic E-state index is 11.7. The van der Waals surface area contributed by atoms with Crippen LogP contribution in [0.15, 0.2) is 40.3 Å². The molecule has 0 aliphatic heterocycles. The van der Waals surface area contributed by atoms with Crippen molar-refractivity contribution in [2.45, 2.75) is 6.61 Å². The first-order valence-electron chi connectivity index (χ1n) is 5.63. The highest BCUT2D eigenvalue weighted by Gasteiger charge is 2.12. The van der Waals surface area contributed by atoms with E-state index < -0.39 is 5.97 Å². The number of rotatable bonds is 4. The van der Waals surface area contributed by atoms with Crippen molar-refractivity contribution in [3.05, 3.63) is 50.8 Å². The molecule has 0 fully saturated rings. The number of nitrogens with zero attached hydrogens (tertiary/aromatic N) is 1. The molecule has 0 spiro atoms. The summed E-state index contributed by atoms with van der Waals surface area (Å²) in [6, 6.07) is 7.13. The summed E-state index contributed by atoms with van der Waals surface area (Å²) in [5.74, 6) is 0.118. The summed E-state index contributed by atoms with van der Waals surface area (Å²) < 4.78 is 11.0. The van der Waals surface area contributed by atoms with Gasteiger partial charge in [0.05, 0.1) is 9.21 Å². The van der Waals surface area contributed by atoms with Crippen LogP contribution in [0.3, 0.4) is 0 Å². The predicted molar refractivity (Wildman–Crippen MR) is 78.3 cm³/mol. The monoisotopic (exact) mass is 325 g/mol. The molecule has 4 nitrogen and oxygen atoms in total. The van der Waals surface area contributed by atoms with Crippen LogP contribution in [0.2, 0.25) is 4.34 Å². The predicted octanol–water partition coefficient (Wildman–Crippen LogP) is 4.48. The first kappa shape index (κ1) is 13.4. The van der Waals surface area contributed by atoms with Crippen molar-refractivity contribution >= 4 is 40.2 Å². The lowest BCUT2D eigenvalue weighted by Crippen LogP contribution is -2.03. The molecule has 0 N–H and O–H groups in total. The van der Waals surface area contributed by atoms with Crippen LogP contribution in [-0.4, -0.2) is 11.0 Å². The lowest BCUT2D eigenvalue weighted by molar-refractivity contribution is 0.0473. The largest absolute Gasteiger partial charge is 0.455 e. The molecule has 0 aliphatic rings. The number of thiophene rings is 2. The number of halogens is 1. The lowest BCUT2D eigenvalue weighted by atomic mass is 10.4. The Morgan fingerprint density at radius 1 is 1.40 bits per heavy atom. The molecule has 0 unspecified atom stereocenters. The number of esters is 1. The molecule has 102 valence electrons. The number of ether oxygens (including phenoxy) is 1. The van der Waals surface area contributed by atoms with Crippen LogP contribution in [0.5, 0.6) is 0 Å². The van der Waals surface area contributed by atoms with Gasteiger partial charge in [-0.15, -0.1) is 22.7 Å².